The lowest BCUT2D eigenvalue weighted by atomic mass is 10.1. The zero-order valence-electron chi connectivity index (χ0n) is 12.0. The van der Waals surface area contributed by atoms with E-state index in [9.17, 15) is 0 Å². The molecule has 0 aliphatic carbocycles. The Hall–Kier alpha value is -2.00. The van der Waals surface area contributed by atoms with E-state index >= 15 is 0 Å². The highest BCUT2D eigenvalue weighted by Crippen LogP contribution is 2.28. The molecule has 1 aromatic heterocycles. The third kappa shape index (κ3) is 2.74. The average molecular weight is 281 g/mol. The van der Waals surface area contributed by atoms with Crippen LogP contribution in [-0.2, 0) is 4.74 Å². The molecule has 3 aromatic rings. The topological polar surface area (TPSA) is 37.5 Å². The van der Waals surface area contributed by atoms with E-state index in [1.165, 1.54) is 29.1 Å². The van der Waals surface area contributed by atoms with Gasteiger partial charge in [-0.15, -0.1) is 0 Å². The number of hydrogen-bond acceptors (Lipinski definition) is 2. The maximum absolute atomic E-state index is 5.88. The van der Waals surface area contributed by atoms with Crippen molar-refractivity contribution in [2.24, 2.45) is 0 Å². The van der Waals surface area contributed by atoms with Crippen LogP contribution in [0.2, 0.25) is 0 Å². The van der Waals surface area contributed by atoms with E-state index in [0.717, 1.165) is 30.9 Å². The van der Waals surface area contributed by atoms with Crippen molar-refractivity contribution in [3.63, 3.8) is 0 Å². The predicted octanol–water partition coefficient (Wildman–Crippen LogP) is 4.27. The van der Waals surface area contributed by atoms with Gasteiger partial charge in [-0.1, -0.05) is 18.2 Å². The summed E-state index contributed by atoms with van der Waals surface area (Å²) in [6.07, 6.45) is 3.98. The van der Waals surface area contributed by atoms with Gasteiger partial charge in [-0.05, 0) is 43.5 Å². The normalized spacial score (nSPS) is 17.4. The first-order valence-corrected chi connectivity index (χ1v) is 7.65. The van der Waals surface area contributed by atoms with Crippen molar-refractivity contribution in [1.82, 2.24) is 4.98 Å². The molecule has 1 unspecified atom stereocenters. The summed E-state index contributed by atoms with van der Waals surface area (Å²) < 4.78 is 11.1. The number of nitrogens with one attached hydrogen (secondary N) is 1. The van der Waals surface area contributed by atoms with Crippen LogP contribution in [0.1, 0.15) is 19.3 Å². The summed E-state index contributed by atoms with van der Waals surface area (Å²) in [6.45, 7) is 1.73. The molecule has 1 aliphatic rings. The molecule has 1 N–H and O–H groups in total. The number of aromatic amines is 1. The predicted molar refractivity (Wildman–Crippen MR) is 84.9 cm³/mol. The van der Waals surface area contributed by atoms with Gasteiger partial charge in [0, 0.05) is 21.8 Å². The summed E-state index contributed by atoms with van der Waals surface area (Å²) in [5.74, 6) is 0.954. The Morgan fingerprint density at radius 3 is 2.81 bits per heavy atom. The van der Waals surface area contributed by atoms with Gasteiger partial charge in [0.05, 0.1) is 19.3 Å². The maximum Gasteiger partial charge on any atom is 0.120 e. The second-order valence-electron chi connectivity index (χ2n) is 5.68. The molecule has 108 valence electrons. The number of H-pyrrole nitrogens is 1. The van der Waals surface area contributed by atoms with E-state index in [1.54, 1.807) is 0 Å². The first-order valence-electron chi connectivity index (χ1n) is 7.65. The minimum atomic E-state index is 0.535. The average Bonchev–Trinajstić information content (AvgIpc) is 3.26. The minimum absolute atomic E-state index is 0.535. The van der Waals surface area contributed by atoms with Gasteiger partial charge >= 0.3 is 0 Å². The Balaban J connectivity index is 1.46. The molecule has 2 heterocycles. The zero-order valence-corrected chi connectivity index (χ0v) is 12.0. The summed E-state index contributed by atoms with van der Waals surface area (Å²) in [5.41, 5.74) is 2.34. The van der Waals surface area contributed by atoms with Gasteiger partial charge in [-0.2, -0.15) is 0 Å². The van der Waals surface area contributed by atoms with Crippen LogP contribution in [0, 0.1) is 0 Å². The number of rotatable bonds is 6. The lowest BCUT2D eigenvalue weighted by Gasteiger charge is -2.06. The number of unbranched alkanes of at least 4 members (excludes halogenated alkanes) is 1. The Kier molecular flexibility index (Phi) is 3.28. The van der Waals surface area contributed by atoms with Gasteiger partial charge in [-0.3, -0.25) is 0 Å². The molecule has 2 aromatic carbocycles. The van der Waals surface area contributed by atoms with Gasteiger partial charge in [-0.25, -0.2) is 0 Å². The van der Waals surface area contributed by atoms with E-state index in [1.807, 2.05) is 6.07 Å². The van der Waals surface area contributed by atoms with Crippen molar-refractivity contribution in [3.05, 3.63) is 42.5 Å². The van der Waals surface area contributed by atoms with Gasteiger partial charge in [0.15, 0.2) is 0 Å². The number of benzene rings is 2. The number of aromatic nitrogens is 1. The minimum Gasteiger partial charge on any atom is -0.494 e. The van der Waals surface area contributed by atoms with Crippen LogP contribution in [0.3, 0.4) is 0 Å². The van der Waals surface area contributed by atoms with Crippen molar-refractivity contribution >= 4 is 21.8 Å². The molecular formula is C18H19NO2. The van der Waals surface area contributed by atoms with Crippen molar-refractivity contribution in [1.29, 1.82) is 0 Å². The second kappa shape index (κ2) is 5.41. The van der Waals surface area contributed by atoms with Crippen LogP contribution in [0.15, 0.2) is 42.5 Å². The van der Waals surface area contributed by atoms with E-state index < -0.39 is 0 Å². The first kappa shape index (κ1) is 12.7. The number of epoxide rings is 1. The monoisotopic (exact) mass is 281 g/mol. The quantitative estimate of drug-likeness (QED) is 0.541. The number of para-hydroxylation sites is 1. The van der Waals surface area contributed by atoms with Crippen molar-refractivity contribution in [2.45, 2.75) is 25.4 Å². The highest BCUT2D eigenvalue weighted by Gasteiger charge is 2.20. The fourth-order valence-electron chi connectivity index (χ4n) is 2.82. The van der Waals surface area contributed by atoms with Crippen LogP contribution in [0.5, 0.6) is 5.75 Å². The highest BCUT2D eigenvalue weighted by molar-refractivity contribution is 6.07. The van der Waals surface area contributed by atoms with Gasteiger partial charge in [0.1, 0.15) is 5.75 Å². The Labute approximate surface area is 123 Å². The van der Waals surface area contributed by atoms with E-state index in [4.69, 9.17) is 9.47 Å². The molecule has 1 saturated heterocycles. The SMILES string of the molecule is c1ccc2c(c1)[nH]c1ccc(OCCCCC3CO3)cc12. The summed E-state index contributed by atoms with van der Waals surface area (Å²) in [4.78, 5) is 3.43. The standard InChI is InChI=1S/C18H19NO2/c1-2-7-17-15(6-1)16-11-13(8-9-18(16)19-17)20-10-4-3-5-14-12-21-14/h1-2,6-9,11,14,19H,3-5,10,12H2. The van der Waals surface area contributed by atoms with Gasteiger partial charge in [0.25, 0.3) is 0 Å². The summed E-state index contributed by atoms with van der Waals surface area (Å²) in [7, 11) is 0. The van der Waals surface area contributed by atoms with Crippen molar-refractivity contribution in [2.75, 3.05) is 13.2 Å². The third-order valence-electron chi connectivity index (χ3n) is 4.07. The highest BCUT2D eigenvalue weighted by atomic mass is 16.6. The maximum atomic E-state index is 5.88. The van der Waals surface area contributed by atoms with Crippen LogP contribution < -0.4 is 4.74 Å². The number of hydrogen-bond donors (Lipinski definition) is 1. The molecule has 21 heavy (non-hydrogen) atoms. The molecular weight excluding hydrogens is 262 g/mol. The second-order valence-corrected chi connectivity index (χ2v) is 5.68. The van der Waals surface area contributed by atoms with Gasteiger partial charge < -0.3 is 14.5 Å². The smallest absolute Gasteiger partial charge is 0.120 e. The lowest BCUT2D eigenvalue weighted by molar-refractivity contribution is 0.300. The zero-order chi connectivity index (χ0) is 14.1. The third-order valence-corrected chi connectivity index (χ3v) is 4.07. The van der Waals surface area contributed by atoms with Crippen LogP contribution in [-0.4, -0.2) is 24.3 Å². The van der Waals surface area contributed by atoms with E-state index in [2.05, 4.69) is 41.4 Å². The van der Waals surface area contributed by atoms with E-state index in [-0.39, 0.29) is 0 Å². The molecule has 1 fully saturated rings. The molecule has 3 nitrogen and oxygen atoms in total. The molecule has 0 radical (unpaired) electrons. The van der Waals surface area contributed by atoms with Crippen LogP contribution in [0.4, 0.5) is 0 Å². The van der Waals surface area contributed by atoms with Crippen LogP contribution in [0.25, 0.3) is 21.8 Å². The van der Waals surface area contributed by atoms with E-state index in [0.29, 0.717) is 6.10 Å². The fraction of sp³-hybridized carbons (Fsp3) is 0.333. The summed E-state index contributed by atoms with van der Waals surface area (Å²) in [5, 5.41) is 2.48. The number of fused-ring (bicyclic) bond motifs is 3. The fourth-order valence-corrected chi connectivity index (χ4v) is 2.82. The molecule has 4 rings (SSSR count). The largest absolute Gasteiger partial charge is 0.494 e. The van der Waals surface area contributed by atoms with Crippen LogP contribution >= 0.6 is 0 Å². The van der Waals surface area contributed by atoms with Crippen molar-refractivity contribution in [3.8, 4) is 5.75 Å². The molecule has 0 spiro atoms. The molecule has 0 bridgehead atoms. The lowest BCUT2D eigenvalue weighted by Crippen LogP contribution is -1.98. The Morgan fingerprint density at radius 2 is 1.90 bits per heavy atom. The summed E-state index contributed by atoms with van der Waals surface area (Å²) >= 11 is 0. The molecule has 1 aliphatic heterocycles. The first-order chi connectivity index (χ1) is 10.4. The molecule has 1 atom stereocenters. The Bertz CT molecular complexity index is 758. The Morgan fingerprint density at radius 1 is 1.05 bits per heavy atom. The molecule has 3 heteroatoms. The van der Waals surface area contributed by atoms with Crippen molar-refractivity contribution < 1.29 is 9.47 Å². The molecule has 0 amide bonds. The van der Waals surface area contributed by atoms with Gasteiger partial charge in [0.2, 0.25) is 0 Å². The summed E-state index contributed by atoms with van der Waals surface area (Å²) in [6, 6.07) is 14.7. The number of ether oxygens (including phenoxy) is 2. The molecule has 0 saturated carbocycles.